The quantitative estimate of drug-likeness (QED) is 0.781. The minimum absolute atomic E-state index is 0.0226. The van der Waals surface area contributed by atoms with Crippen LogP contribution in [-0.4, -0.2) is 60.7 Å². The molecule has 6 nitrogen and oxygen atoms in total. The number of nitrogens with zero attached hydrogens (tertiary/aromatic N) is 1. The maximum absolute atomic E-state index is 12.9. The van der Waals surface area contributed by atoms with Crippen LogP contribution in [0, 0.1) is 22.7 Å². The van der Waals surface area contributed by atoms with E-state index >= 15 is 0 Å². The molecule has 2 heterocycles. The van der Waals surface area contributed by atoms with Gasteiger partial charge < -0.3 is 25.2 Å². The van der Waals surface area contributed by atoms with Crippen molar-refractivity contribution in [1.29, 1.82) is 0 Å². The van der Waals surface area contributed by atoms with Crippen LogP contribution in [0.15, 0.2) is 0 Å². The third kappa shape index (κ3) is 3.22. The molecule has 0 radical (unpaired) electrons. The van der Waals surface area contributed by atoms with Crippen molar-refractivity contribution < 1.29 is 19.4 Å². The number of hydrogen-bond acceptors (Lipinski definition) is 5. The zero-order valence-corrected chi connectivity index (χ0v) is 16.9. The summed E-state index contributed by atoms with van der Waals surface area (Å²) in [7, 11) is 0. The van der Waals surface area contributed by atoms with Gasteiger partial charge in [0.2, 0.25) is 5.91 Å². The second-order valence-corrected chi connectivity index (χ2v) is 9.75. The van der Waals surface area contributed by atoms with Gasteiger partial charge in [0.05, 0.1) is 18.8 Å². The average molecular weight is 381 g/mol. The van der Waals surface area contributed by atoms with Gasteiger partial charge in [-0.3, -0.25) is 4.79 Å². The molecule has 0 aromatic heterocycles. The molecule has 0 aromatic rings. The SMILES string of the molecule is CC12COC(CN)OC1CCC1(C)C(CC(=O)N3CCCC3)C(O)CCC21. The van der Waals surface area contributed by atoms with E-state index in [1.54, 1.807) is 0 Å². The fourth-order valence-electron chi connectivity index (χ4n) is 6.69. The Morgan fingerprint density at radius 3 is 2.63 bits per heavy atom. The Bertz CT molecular complexity index is 566. The fraction of sp³-hybridized carbons (Fsp3) is 0.952. The van der Waals surface area contributed by atoms with Gasteiger partial charge in [0.25, 0.3) is 0 Å². The van der Waals surface area contributed by atoms with E-state index in [-0.39, 0.29) is 41.2 Å². The molecule has 0 aromatic carbocycles. The van der Waals surface area contributed by atoms with Gasteiger partial charge in [-0.1, -0.05) is 13.8 Å². The smallest absolute Gasteiger partial charge is 0.222 e. The summed E-state index contributed by atoms with van der Waals surface area (Å²) in [5, 5.41) is 10.9. The predicted molar refractivity (Wildman–Crippen MR) is 102 cm³/mol. The molecule has 0 spiro atoms. The van der Waals surface area contributed by atoms with E-state index in [1.807, 2.05) is 4.90 Å². The van der Waals surface area contributed by atoms with Crippen LogP contribution in [0.1, 0.15) is 58.8 Å². The highest BCUT2D eigenvalue weighted by molar-refractivity contribution is 5.76. The summed E-state index contributed by atoms with van der Waals surface area (Å²) in [6.07, 6.45) is 5.83. The number of nitrogens with two attached hydrogens (primary N) is 1. The summed E-state index contributed by atoms with van der Waals surface area (Å²) in [5.41, 5.74) is 5.63. The average Bonchev–Trinajstić information content (AvgIpc) is 3.18. The largest absolute Gasteiger partial charge is 0.393 e. The molecule has 7 unspecified atom stereocenters. The Balaban J connectivity index is 1.55. The summed E-state index contributed by atoms with van der Waals surface area (Å²) in [5.74, 6) is 0.640. The number of fused-ring (bicyclic) bond motifs is 3. The monoisotopic (exact) mass is 380 g/mol. The molecular formula is C21H36N2O4. The van der Waals surface area contributed by atoms with E-state index in [2.05, 4.69) is 13.8 Å². The summed E-state index contributed by atoms with van der Waals surface area (Å²) in [6, 6.07) is 0. The van der Waals surface area contributed by atoms with Crippen LogP contribution in [0.25, 0.3) is 0 Å². The molecule has 27 heavy (non-hydrogen) atoms. The van der Waals surface area contributed by atoms with E-state index in [1.165, 1.54) is 0 Å². The second-order valence-electron chi connectivity index (χ2n) is 9.75. The van der Waals surface area contributed by atoms with Crippen LogP contribution < -0.4 is 5.73 Å². The number of aliphatic hydroxyl groups excluding tert-OH is 1. The highest BCUT2D eigenvalue weighted by Crippen LogP contribution is 2.62. The minimum atomic E-state index is -0.389. The van der Waals surface area contributed by atoms with Crippen LogP contribution in [0.5, 0.6) is 0 Å². The molecule has 1 amide bonds. The Kier molecular flexibility index (Phi) is 5.29. The Morgan fingerprint density at radius 2 is 1.93 bits per heavy atom. The first kappa shape index (κ1) is 19.6. The molecule has 7 atom stereocenters. The van der Waals surface area contributed by atoms with E-state index in [0.717, 1.165) is 51.6 Å². The van der Waals surface area contributed by atoms with Crippen molar-refractivity contribution in [2.75, 3.05) is 26.2 Å². The zero-order chi connectivity index (χ0) is 19.2. The van der Waals surface area contributed by atoms with Crippen LogP contribution >= 0.6 is 0 Å². The number of hydrogen-bond donors (Lipinski definition) is 2. The molecule has 6 heteroatoms. The van der Waals surface area contributed by atoms with Gasteiger partial charge in [-0.2, -0.15) is 0 Å². The number of amides is 1. The lowest BCUT2D eigenvalue weighted by Gasteiger charge is -2.63. The first-order valence-electron chi connectivity index (χ1n) is 10.8. The molecule has 154 valence electrons. The van der Waals surface area contributed by atoms with Gasteiger partial charge in [0.15, 0.2) is 6.29 Å². The fourth-order valence-corrected chi connectivity index (χ4v) is 6.69. The van der Waals surface area contributed by atoms with Gasteiger partial charge >= 0.3 is 0 Å². The number of carbonyl (C=O) groups excluding carboxylic acids is 1. The number of rotatable bonds is 3. The molecule has 4 fully saturated rings. The molecule has 2 saturated heterocycles. The third-order valence-electron chi connectivity index (χ3n) is 8.28. The van der Waals surface area contributed by atoms with Crippen LogP contribution in [0.2, 0.25) is 0 Å². The Morgan fingerprint density at radius 1 is 1.19 bits per heavy atom. The molecule has 0 bridgehead atoms. The van der Waals surface area contributed by atoms with Gasteiger partial charge in [-0.15, -0.1) is 0 Å². The van der Waals surface area contributed by atoms with Gasteiger partial charge in [-0.05, 0) is 55.8 Å². The second kappa shape index (κ2) is 7.29. The van der Waals surface area contributed by atoms with Crippen molar-refractivity contribution in [2.45, 2.75) is 77.3 Å². The Labute approximate surface area is 162 Å². The molecule has 4 aliphatic rings. The molecular weight excluding hydrogens is 344 g/mol. The van der Waals surface area contributed by atoms with Crippen molar-refractivity contribution in [3.63, 3.8) is 0 Å². The predicted octanol–water partition coefficient (Wildman–Crippen LogP) is 1.89. The maximum Gasteiger partial charge on any atom is 0.222 e. The lowest BCUT2D eigenvalue weighted by molar-refractivity contribution is -0.305. The highest BCUT2D eigenvalue weighted by Gasteiger charge is 2.61. The minimum Gasteiger partial charge on any atom is -0.393 e. The van der Waals surface area contributed by atoms with Gasteiger partial charge in [-0.25, -0.2) is 0 Å². The highest BCUT2D eigenvalue weighted by atomic mass is 16.7. The first-order valence-corrected chi connectivity index (χ1v) is 10.8. The van der Waals surface area contributed by atoms with E-state index < -0.39 is 0 Å². The third-order valence-corrected chi connectivity index (χ3v) is 8.28. The van der Waals surface area contributed by atoms with Crippen LogP contribution in [0.3, 0.4) is 0 Å². The summed E-state index contributed by atoms with van der Waals surface area (Å²) in [6.45, 7) is 7.39. The number of carbonyl (C=O) groups is 1. The van der Waals surface area contributed by atoms with Crippen LogP contribution in [-0.2, 0) is 14.3 Å². The maximum atomic E-state index is 12.9. The van der Waals surface area contributed by atoms with E-state index in [4.69, 9.17) is 15.2 Å². The van der Waals surface area contributed by atoms with Crippen molar-refractivity contribution >= 4 is 5.91 Å². The van der Waals surface area contributed by atoms with Crippen molar-refractivity contribution in [1.82, 2.24) is 4.90 Å². The van der Waals surface area contributed by atoms with Crippen molar-refractivity contribution in [3.8, 4) is 0 Å². The summed E-state index contributed by atoms with van der Waals surface area (Å²) < 4.78 is 12.1. The van der Waals surface area contributed by atoms with Crippen molar-refractivity contribution in [2.24, 2.45) is 28.4 Å². The van der Waals surface area contributed by atoms with E-state index in [9.17, 15) is 9.90 Å². The van der Waals surface area contributed by atoms with Gasteiger partial charge in [0, 0.05) is 31.5 Å². The normalized spacial score (nSPS) is 47.4. The van der Waals surface area contributed by atoms with Crippen LogP contribution in [0.4, 0.5) is 0 Å². The lowest BCUT2D eigenvalue weighted by atomic mass is 9.46. The molecule has 2 aliphatic carbocycles. The molecule has 3 N–H and O–H groups in total. The molecule has 2 saturated carbocycles. The standard InChI is InChI=1S/C21H36N2O4/c1-20-8-7-17-21(2,13-26-19(12-22)27-17)16(20)6-5-15(24)14(20)11-18(25)23-9-3-4-10-23/h14-17,19,24H,3-13,22H2,1-2H3. The lowest BCUT2D eigenvalue weighted by Crippen LogP contribution is -2.63. The Hall–Kier alpha value is -0.690. The molecule has 4 rings (SSSR count). The molecule has 2 aliphatic heterocycles. The number of aliphatic hydroxyl groups is 1. The number of ether oxygens (including phenoxy) is 2. The van der Waals surface area contributed by atoms with Crippen molar-refractivity contribution in [3.05, 3.63) is 0 Å². The summed E-state index contributed by atoms with van der Waals surface area (Å²) >= 11 is 0. The topological polar surface area (TPSA) is 85.0 Å². The van der Waals surface area contributed by atoms with E-state index in [0.29, 0.717) is 25.5 Å². The summed E-state index contributed by atoms with van der Waals surface area (Å²) in [4.78, 5) is 14.9. The number of likely N-dealkylation sites (tertiary alicyclic amines) is 1. The van der Waals surface area contributed by atoms with Gasteiger partial charge in [0.1, 0.15) is 0 Å². The first-order chi connectivity index (χ1) is 12.9. The zero-order valence-electron chi connectivity index (χ0n) is 16.9.